The van der Waals surface area contributed by atoms with E-state index < -0.39 is 23.8 Å². The smallest absolute Gasteiger partial charge is 0.307 e. The number of carbonyl (C=O) groups is 2. The van der Waals surface area contributed by atoms with E-state index in [9.17, 15) is 14.0 Å². The Balaban J connectivity index is 1.90. The van der Waals surface area contributed by atoms with Crippen LogP contribution >= 0.6 is 0 Å². The average Bonchev–Trinajstić information content (AvgIpc) is 3.04. The van der Waals surface area contributed by atoms with Gasteiger partial charge in [-0.3, -0.25) is 9.59 Å². The summed E-state index contributed by atoms with van der Waals surface area (Å²) in [5, 5.41) is 11.7. The van der Waals surface area contributed by atoms with E-state index in [2.05, 4.69) is 5.32 Å². The van der Waals surface area contributed by atoms with Crippen molar-refractivity contribution in [3.8, 4) is 0 Å². The van der Waals surface area contributed by atoms with Crippen LogP contribution in [-0.2, 0) is 14.3 Å². The maximum absolute atomic E-state index is 13.4. The molecule has 2 aromatic rings. The predicted octanol–water partition coefficient (Wildman–Crippen LogP) is 3.19. The van der Waals surface area contributed by atoms with Gasteiger partial charge in [-0.05, 0) is 18.2 Å². The lowest BCUT2D eigenvalue weighted by Gasteiger charge is -2.10. The molecule has 2 heterocycles. The molecule has 4 rings (SSSR count). The summed E-state index contributed by atoms with van der Waals surface area (Å²) in [6, 6.07) is 11.2. The van der Waals surface area contributed by atoms with Gasteiger partial charge in [-0.2, -0.15) is 0 Å². The van der Waals surface area contributed by atoms with Crippen LogP contribution in [0.2, 0.25) is 0 Å². The molecule has 0 radical (unpaired) electrons. The monoisotopic (exact) mass is 325 g/mol. The van der Waals surface area contributed by atoms with E-state index in [0.717, 1.165) is 5.56 Å². The summed E-state index contributed by atoms with van der Waals surface area (Å²) < 4.78 is 19.2. The largest absolute Gasteiger partial charge is 0.484 e. The molecule has 0 aromatic heterocycles. The molecule has 0 spiro atoms. The van der Waals surface area contributed by atoms with Gasteiger partial charge >= 0.3 is 5.97 Å². The first-order valence-corrected chi connectivity index (χ1v) is 7.38. The van der Waals surface area contributed by atoms with Gasteiger partial charge in [0.25, 0.3) is 5.91 Å². The minimum absolute atomic E-state index is 0.203. The Labute approximate surface area is 136 Å². The van der Waals surface area contributed by atoms with Gasteiger partial charge in [-0.15, -0.1) is 0 Å². The van der Waals surface area contributed by atoms with Crippen LogP contribution in [0.3, 0.4) is 0 Å². The van der Waals surface area contributed by atoms with Crippen LogP contribution in [0.5, 0.6) is 0 Å². The van der Waals surface area contributed by atoms with E-state index in [4.69, 9.17) is 9.84 Å². The first-order valence-electron chi connectivity index (χ1n) is 7.38. The van der Waals surface area contributed by atoms with E-state index in [-0.39, 0.29) is 6.42 Å². The molecule has 0 bridgehead atoms. The fraction of sp³-hybridized carbons (Fsp3) is 0.111. The molecule has 2 aliphatic heterocycles. The average molecular weight is 325 g/mol. The highest BCUT2D eigenvalue weighted by Gasteiger charge is 2.36. The summed E-state index contributed by atoms with van der Waals surface area (Å²) in [6.07, 6.45) is -0.857. The Bertz CT molecular complexity index is 919. The second kappa shape index (κ2) is 5.19. The molecule has 0 saturated heterocycles. The van der Waals surface area contributed by atoms with Crippen LogP contribution in [-0.4, -0.2) is 17.0 Å². The van der Waals surface area contributed by atoms with E-state index >= 15 is 0 Å². The number of rotatable bonds is 2. The second-order valence-electron chi connectivity index (χ2n) is 5.64. The number of nitrogens with one attached hydrogen (secondary N) is 1. The van der Waals surface area contributed by atoms with Gasteiger partial charge in [0, 0.05) is 16.7 Å². The molecule has 24 heavy (non-hydrogen) atoms. The number of carboxylic acid groups (broad SMARTS) is 1. The fourth-order valence-corrected chi connectivity index (χ4v) is 3.13. The van der Waals surface area contributed by atoms with Crippen molar-refractivity contribution in [2.45, 2.75) is 12.5 Å². The summed E-state index contributed by atoms with van der Waals surface area (Å²) in [6.45, 7) is 0. The molecule has 2 aliphatic rings. The molecule has 2 N–H and O–H groups in total. The zero-order valence-corrected chi connectivity index (χ0v) is 12.4. The van der Waals surface area contributed by atoms with Gasteiger partial charge in [0.2, 0.25) is 0 Å². The number of halogens is 1. The number of anilines is 1. The molecule has 1 amide bonds. The highest BCUT2D eigenvalue weighted by Crippen LogP contribution is 2.46. The number of carboxylic acids is 1. The van der Waals surface area contributed by atoms with Gasteiger partial charge in [0.15, 0.2) is 0 Å². The molecule has 120 valence electrons. The Kier molecular flexibility index (Phi) is 3.13. The number of amides is 1. The number of ether oxygens (including phenoxy) is 1. The molecular weight excluding hydrogens is 313 g/mol. The normalized spacial score (nSPS) is 21.0. The summed E-state index contributed by atoms with van der Waals surface area (Å²) in [5.41, 5.74) is 2.63. The van der Waals surface area contributed by atoms with E-state index in [1.807, 2.05) is 0 Å². The molecule has 1 atom stereocenters. The molecule has 0 aliphatic carbocycles. The quantitative estimate of drug-likeness (QED) is 0.832. The van der Waals surface area contributed by atoms with E-state index in [0.29, 0.717) is 28.1 Å². The number of aliphatic carboxylic acids is 1. The van der Waals surface area contributed by atoms with Crippen LogP contribution in [0, 0.1) is 5.82 Å². The summed E-state index contributed by atoms with van der Waals surface area (Å²) in [7, 11) is 0. The van der Waals surface area contributed by atoms with Gasteiger partial charge < -0.3 is 15.2 Å². The summed E-state index contributed by atoms with van der Waals surface area (Å²) in [5.74, 6) is -1.49. The van der Waals surface area contributed by atoms with E-state index in [1.54, 1.807) is 24.3 Å². The molecule has 2 aromatic carbocycles. The van der Waals surface area contributed by atoms with Crippen LogP contribution in [0.25, 0.3) is 11.3 Å². The molecule has 0 fully saturated rings. The van der Waals surface area contributed by atoms with Crippen molar-refractivity contribution in [3.05, 3.63) is 65.0 Å². The number of carbonyl (C=O) groups excluding carboxylic acids is 1. The summed E-state index contributed by atoms with van der Waals surface area (Å²) >= 11 is 0. The minimum atomic E-state index is -0.987. The third-order valence-corrected chi connectivity index (χ3v) is 4.13. The van der Waals surface area contributed by atoms with Gasteiger partial charge in [0.1, 0.15) is 17.7 Å². The number of benzene rings is 2. The molecule has 6 heteroatoms. The lowest BCUT2D eigenvalue weighted by atomic mass is 9.98. The highest BCUT2D eigenvalue weighted by atomic mass is 19.1. The Morgan fingerprint density at radius 1 is 1.21 bits per heavy atom. The zero-order chi connectivity index (χ0) is 16.8. The molecule has 0 unspecified atom stereocenters. The third kappa shape index (κ3) is 2.15. The lowest BCUT2D eigenvalue weighted by molar-refractivity contribution is -0.139. The number of hydrogen-bond donors (Lipinski definition) is 2. The van der Waals surface area contributed by atoms with Gasteiger partial charge in [-0.25, -0.2) is 4.39 Å². The van der Waals surface area contributed by atoms with Crippen molar-refractivity contribution >= 4 is 28.9 Å². The first kappa shape index (κ1) is 14.4. The van der Waals surface area contributed by atoms with Crippen molar-refractivity contribution in [2.75, 3.05) is 5.32 Å². The van der Waals surface area contributed by atoms with Crippen LogP contribution in [0.4, 0.5) is 10.1 Å². The number of fused-ring (bicyclic) bond motifs is 2. The van der Waals surface area contributed by atoms with Crippen molar-refractivity contribution < 1.29 is 23.8 Å². The van der Waals surface area contributed by atoms with Crippen molar-refractivity contribution in [1.29, 1.82) is 0 Å². The van der Waals surface area contributed by atoms with Gasteiger partial charge in [0.05, 0.1) is 17.7 Å². The third-order valence-electron chi connectivity index (χ3n) is 4.13. The predicted molar refractivity (Wildman–Crippen MR) is 84.4 cm³/mol. The van der Waals surface area contributed by atoms with Crippen molar-refractivity contribution in [2.24, 2.45) is 0 Å². The number of hydrogen-bond acceptors (Lipinski definition) is 3. The molecule has 0 saturated carbocycles. The molecular formula is C18H12FNO4. The highest BCUT2D eigenvalue weighted by molar-refractivity contribution is 6.36. The Hall–Kier alpha value is -3.15. The first-order chi connectivity index (χ1) is 11.5. The second-order valence-corrected chi connectivity index (χ2v) is 5.64. The summed E-state index contributed by atoms with van der Waals surface area (Å²) in [4.78, 5) is 23.5. The van der Waals surface area contributed by atoms with Crippen LogP contribution in [0.15, 0.2) is 42.5 Å². The Morgan fingerprint density at radius 3 is 2.79 bits per heavy atom. The van der Waals surface area contributed by atoms with Crippen molar-refractivity contribution in [3.63, 3.8) is 0 Å². The maximum Gasteiger partial charge on any atom is 0.307 e. The fourth-order valence-electron chi connectivity index (χ4n) is 3.13. The lowest BCUT2D eigenvalue weighted by Crippen LogP contribution is -2.07. The zero-order valence-electron chi connectivity index (χ0n) is 12.4. The topological polar surface area (TPSA) is 75.6 Å². The van der Waals surface area contributed by atoms with E-state index in [1.165, 1.54) is 18.2 Å². The minimum Gasteiger partial charge on any atom is -0.484 e. The van der Waals surface area contributed by atoms with Crippen LogP contribution < -0.4 is 5.32 Å². The van der Waals surface area contributed by atoms with Gasteiger partial charge in [-0.1, -0.05) is 24.3 Å². The standard InChI is InChI=1S/C18H12FNO4/c19-9-5-6-12-13(7-9)20-18(23)16(12)17-11-4-2-1-3-10(11)14(24-17)8-15(21)22/h1-7,14H,8H2,(H,20,23)(H,21,22)/b17-16+/t14-/m1/s1. The Morgan fingerprint density at radius 2 is 2.00 bits per heavy atom. The SMILES string of the molecule is O=C(O)C[C@H]1O/C(=C2/C(=O)Nc3cc(F)ccc32)c2ccccc21. The molecule has 5 nitrogen and oxygen atoms in total. The van der Waals surface area contributed by atoms with Crippen molar-refractivity contribution in [1.82, 2.24) is 0 Å². The van der Waals surface area contributed by atoms with Crippen LogP contribution in [0.1, 0.15) is 29.2 Å². The maximum atomic E-state index is 13.4.